The topological polar surface area (TPSA) is 61.0 Å². The Labute approximate surface area is 146 Å². The lowest BCUT2D eigenvalue weighted by Crippen LogP contribution is -2.02. The summed E-state index contributed by atoms with van der Waals surface area (Å²) in [6.07, 6.45) is 0. The molecule has 1 heterocycles. The fraction of sp³-hybridized carbons (Fsp3) is 0.158. The minimum atomic E-state index is 0.204. The molecule has 0 aliphatic carbocycles. The maximum absolute atomic E-state index is 5.87. The van der Waals surface area contributed by atoms with Crippen molar-refractivity contribution in [2.45, 2.75) is 23.6 Å². The fourth-order valence-corrected chi connectivity index (χ4v) is 3.29. The molecule has 3 rings (SSSR count). The summed E-state index contributed by atoms with van der Waals surface area (Å²) in [6.45, 7) is 4.12. The molecule has 0 unspecified atom stereocenters. The molecule has 24 heavy (non-hydrogen) atoms. The van der Waals surface area contributed by atoms with Gasteiger partial charge in [-0.15, -0.1) is 0 Å². The van der Waals surface area contributed by atoms with Gasteiger partial charge in [0.2, 0.25) is 11.8 Å². The van der Waals surface area contributed by atoms with Crippen molar-refractivity contribution < 1.29 is 4.74 Å². The summed E-state index contributed by atoms with van der Waals surface area (Å²) in [5.41, 5.74) is 10.1. The lowest BCUT2D eigenvalue weighted by Gasteiger charge is -2.13. The van der Waals surface area contributed by atoms with Gasteiger partial charge in [0.25, 0.3) is 0 Å². The highest BCUT2D eigenvalue weighted by molar-refractivity contribution is 7.99. The molecule has 0 saturated carbocycles. The second kappa shape index (κ2) is 6.93. The van der Waals surface area contributed by atoms with Crippen molar-refractivity contribution in [3.8, 4) is 17.1 Å². The summed E-state index contributed by atoms with van der Waals surface area (Å²) in [5, 5.41) is 0. The van der Waals surface area contributed by atoms with Gasteiger partial charge in [0.05, 0.1) is 12.8 Å². The number of nitrogens with two attached hydrogens (primary N) is 1. The molecule has 0 saturated heterocycles. The second-order valence-corrected chi connectivity index (χ2v) is 6.63. The smallest absolute Gasteiger partial charge is 0.233 e. The van der Waals surface area contributed by atoms with E-state index in [0.717, 1.165) is 21.0 Å². The predicted octanol–water partition coefficient (Wildman–Crippen LogP) is 4.50. The molecule has 122 valence electrons. The first kappa shape index (κ1) is 16.3. The number of hydrogen-bond donors (Lipinski definition) is 1. The van der Waals surface area contributed by atoms with E-state index in [2.05, 4.69) is 60.2 Å². The largest absolute Gasteiger partial charge is 0.480 e. The minimum Gasteiger partial charge on any atom is -0.480 e. The van der Waals surface area contributed by atoms with Gasteiger partial charge in [-0.05, 0) is 26.0 Å². The van der Waals surface area contributed by atoms with Crippen molar-refractivity contribution in [2.24, 2.45) is 0 Å². The Kier molecular flexibility index (Phi) is 4.71. The normalized spacial score (nSPS) is 10.6. The quantitative estimate of drug-likeness (QED) is 0.759. The van der Waals surface area contributed by atoms with Gasteiger partial charge in [0.1, 0.15) is 4.90 Å². The summed E-state index contributed by atoms with van der Waals surface area (Å²) in [4.78, 5) is 10.7. The Bertz CT molecular complexity index is 846. The van der Waals surface area contributed by atoms with Crippen molar-refractivity contribution in [2.75, 3.05) is 12.8 Å². The molecular formula is C19H19N3OS. The van der Waals surface area contributed by atoms with Crippen molar-refractivity contribution in [1.82, 2.24) is 9.97 Å². The third-order valence-corrected chi connectivity index (χ3v) is 4.69. The molecular weight excluding hydrogens is 318 g/mol. The van der Waals surface area contributed by atoms with E-state index in [4.69, 9.17) is 10.5 Å². The number of aromatic nitrogens is 2. The average molecular weight is 337 g/mol. The first-order valence-electron chi connectivity index (χ1n) is 7.60. The third kappa shape index (κ3) is 3.51. The predicted molar refractivity (Wildman–Crippen MR) is 98.5 cm³/mol. The van der Waals surface area contributed by atoms with Gasteiger partial charge in [0.15, 0.2) is 0 Å². The number of nitrogen functional groups attached to an aromatic ring is 1. The molecule has 5 heteroatoms. The molecule has 0 spiro atoms. The Hall–Kier alpha value is -2.53. The van der Waals surface area contributed by atoms with Gasteiger partial charge >= 0.3 is 0 Å². The van der Waals surface area contributed by atoms with Crippen molar-refractivity contribution >= 4 is 17.7 Å². The maximum Gasteiger partial charge on any atom is 0.233 e. The van der Waals surface area contributed by atoms with E-state index in [0.29, 0.717) is 5.88 Å². The molecule has 0 fully saturated rings. The first-order valence-corrected chi connectivity index (χ1v) is 8.41. The number of anilines is 1. The molecule has 4 nitrogen and oxygen atoms in total. The number of ether oxygens (including phenoxy) is 1. The maximum atomic E-state index is 5.87. The van der Waals surface area contributed by atoms with Crippen LogP contribution in [-0.2, 0) is 0 Å². The van der Waals surface area contributed by atoms with Gasteiger partial charge < -0.3 is 10.5 Å². The minimum absolute atomic E-state index is 0.204. The van der Waals surface area contributed by atoms with Crippen LogP contribution in [0.3, 0.4) is 0 Å². The zero-order valence-electron chi connectivity index (χ0n) is 13.9. The van der Waals surface area contributed by atoms with Gasteiger partial charge in [-0.1, -0.05) is 59.3 Å². The third-order valence-electron chi connectivity index (χ3n) is 3.61. The number of nitrogens with zero attached hydrogens (tertiary/aromatic N) is 2. The highest BCUT2D eigenvalue weighted by Crippen LogP contribution is 2.40. The van der Waals surface area contributed by atoms with Gasteiger partial charge in [-0.25, -0.2) is 4.98 Å². The molecule has 0 radical (unpaired) electrons. The van der Waals surface area contributed by atoms with Crippen LogP contribution in [0.5, 0.6) is 5.88 Å². The van der Waals surface area contributed by atoms with E-state index >= 15 is 0 Å². The van der Waals surface area contributed by atoms with Crippen LogP contribution in [-0.4, -0.2) is 17.1 Å². The monoisotopic (exact) mass is 337 g/mol. The number of benzene rings is 2. The molecule has 0 atom stereocenters. The molecule has 2 aromatic carbocycles. The Balaban J connectivity index is 2.11. The zero-order valence-corrected chi connectivity index (χ0v) is 14.7. The van der Waals surface area contributed by atoms with Crippen molar-refractivity contribution in [3.05, 3.63) is 59.7 Å². The van der Waals surface area contributed by atoms with E-state index in [-0.39, 0.29) is 5.95 Å². The van der Waals surface area contributed by atoms with Crippen LogP contribution >= 0.6 is 11.8 Å². The van der Waals surface area contributed by atoms with E-state index < -0.39 is 0 Å². The lowest BCUT2D eigenvalue weighted by molar-refractivity contribution is 0.387. The summed E-state index contributed by atoms with van der Waals surface area (Å²) >= 11 is 1.58. The van der Waals surface area contributed by atoms with Crippen LogP contribution < -0.4 is 10.5 Å². The van der Waals surface area contributed by atoms with Crippen LogP contribution in [0.15, 0.2) is 58.3 Å². The van der Waals surface area contributed by atoms with Crippen LogP contribution in [0.1, 0.15) is 11.1 Å². The highest BCUT2D eigenvalue weighted by Gasteiger charge is 2.17. The SMILES string of the molecule is COc1nc(N)nc(-c2ccc(C)cc2)c1Sc1ccc(C)cc1. The van der Waals surface area contributed by atoms with E-state index in [1.54, 1.807) is 18.9 Å². The fourth-order valence-electron chi connectivity index (χ4n) is 2.31. The number of rotatable bonds is 4. The Morgan fingerprint density at radius 3 is 2.04 bits per heavy atom. The summed E-state index contributed by atoms with van der Waals surface area (Å²) < 4.78 is 5.46. The van der Waals surface area contributed by atoms with Crippen LogP contribution in [0.4, 0.5) is 5.95 Å². The Morgan fingerprint density at radius 2 is 1.46 bits per heavy atom. The zero-order chi connectivity index (χ0) is 17.1. The second-order valence-electron chi connectivity index (χ2n) is 5.55. The molecule has 3 aromatic rings. The molecule has 0 bridgehead atoms. The van der Waals surface area contributed by atoms with E-state index in [9.17, 15) is 0 Å². The number of aryl methyl sites for hydroxylation is 2. The Morgan fingerprint density at radius 1 is 0.875 bits per heavy atom. The first-order chi connectivity index (χ1) is 11.6. The van der Waals surface area contributed by atoms with Crippen LogP contribution in [0.25, 0.3) is 11.3 Å². The average Bonchev–Trinajstić information content (AvgIpc) is 2.58. The summed E-state index contributed by atoms with van der Waals surface area (Å²) in [6, 6.07) is 16.5. The van der Waals surface area contributed by atoms with E-state index in [1.165, 1.54) is 11.1 Å². The molecule has 2 N–H and O–H groups in total. The van der Waals surface area contributed by atoms with Gasteiger partial charge in [0, 0.05) is 10.5 Å². The molecule has 1 aromatic heterocycles. The lowest BCUT2D eigenvalue weighted by atomic mass is 10.1. The van der Waals surface area contributed by atoms with E-state index in [1.807, 2.05) is 12.1 Å². The summed E-state index contributed by atoms with van der Waals surface area (Å²) in [5.74, 6) is 0.694. The van der Waals surface area contributed by atoms with Crippen molar-refractivity contribution in [3.63, 3.8) is 0 Å². The standard InChI is InChI=1S/C19H19N3OS/c1-12-4-8-14(9-5-12)16-17(18(23-3)22-19(20)21-16)24-15-10-6-13(2)7-11-15/h4-11H,1-3H3,(H2,20,21,22). The molecule has 0 aliphatic rings. The number of hydrogen-bond acceptors (Lipinski definition) is 5. The van der Waals surface area contributed by atoms with Crippen LogP contribution in [0.2, 0.25) is 0 Å². The molecule has 0 amide bonds. The van der Waals surface area contributed by atoms with Crippen molar-refractivity contribution in [1.29, 1.82) is 0 Å². The van der Waals surface area contributed by atoms with Crippen LogP contribution in [0, 0.1) is 13.8 Å². The van der Waals surface area contributed by atoms with Gasteiger partial charge in [-0.2, -0.15) is 4.98 Å². The number of methoxy groups -OCH3 is 1. The highest BCUT2D eigenvalue weighted by atomic mass is 32.2. The molecule has 0 aliphatic heterocycles. The van der Waals surface area contributed by atoms with Gasteiger partial charge in [-0.3, -0.25) is 0 Å². The summed E-state index contributed by atoms with van der Waals surface area (Å²) in [7, 11) is 1.60.